The number of carbonyl (C=O) groups excluding carboxylic acids is 1. The molecule has 144 valence electrons. The number of nitrogens with zero attached hydrogens (tertiary/aromatic N) is 2. The number of nitrogens with one attached hydrogen (secondary N) is 1. The third kappa shape index (κ3) is 3.93. The highest BCUT2D eigenvalue weighted by molar-refractivity contribution is 7.09. The molecule has 4 rings (SSSR count). The summed E-state index contributed by atoms with van der Waals surface area (Å²) in [6.07, 6.45) is 0.746. The second kappa shape index (κ2) is 8.54. The molecule has 0 spiro atoms. The summed E-state index contributed by atoms with van der Waals surface area (Å²) in [6, 6.07) is 18.0. The molecule has 2 heterocycles. The van der Waals surface area contributed by atoms with Crippen LogP contribution in [0.25, 0.3) is 0 Å². The monoisotopic (exact) mass is 393 g/mol. The number of thiazole rings is 1. The Morgan fingerprint density at radius 3 is 2.82 bits per heavy atom. The smallest absolute Gasteiger partial charge is 0.273 e. The predicted octanol–water partition coefficient (Wildman–Crippen LogP) is 3.53. The maximum absolute atomic E-state index is 13.3. The molecular formula is C22H23N3O2S. The number of methoxy groups -OCH3 is 1. The van der Waals surface area contributed by atoms with Gasteiger partial charge in [-0.3, -0.25) is 4.79 Å². The van der Waals surface area contributed by atoms with Crippen molar-refractivity contribution in [1.29, 1.82) is 0 Å². The topological polar surface area (TPSA) is 54.5 Å². The number of piperazine rings is 1. The highest BCUT2D eigenvalue weighted by Gasteiger charge is 2.31. The van der Waals surface area contributed by atoms with Crippen LogP contribution in [0.15, 0.2) is 60.0 Å². The van der Waals surface area contributed by atoms with E-state index in [4.69, 9.17) is 4.74 Å². The lowest BCUT2D eigenvalue weighted by molar-refractivity contribution is 0.0626. The Labute approximate surface area is 169 Å². The van der Waals surface area contributed by atoms with Crippen molar-refractivity contribution < 1.29 is 9.53 Å². The van der Waals surface area contributed by atoms with E-state index >= 15 is 0 Å². The number of benzene rings is 2. The van der Waals surface area contributed by atoms with Gasteiger partial charge in [0.25, 0.3) is 5.91 Å². The molecule has 0 aliphatic carbocycles. The lowest BCUT2D eigenvalue weighted by Gasteiger charge is -2.36. The van der Waals surface area contributed by atoms with Crippen molar-refractivity contribution in [2.75, 3.05) is 26.7 Å². The summed E-state index contributed by atoms with van der Waals surface area (Å²) in [5.74, 6) is 0.782. The van der Waals surface area contributed by atoms with E-state index in [1.807, 2.05) is 52.7 Å². The summed E-state index contributed by atoms with van der Waals surface area (Å²) < 4.78 is 5.52. The van der Waals surface area contributed by atoms with Crippen LogP contribution in [-0.4, -0.2) is 42.5 Å². The van der Waals surface area contributed by atoms with E-state index in [0.717, 1.165) is 29.3 Å². The van der Waals surface area contributed by atoms with Gasteiger partial charge < -0.3 is 15.0 Å². The maximum atomic E-state index is 13.3. The van der Waals surface area contributed by atoms with Crippen LogP contribution in [0.4, 0.5) is 0 Å². The normalized spacial score (nSPS) is 16.8. The molecule has 1 aliphatic heterocycles. The zero-order valence-corrected chi connectivity index (χ0v) is 16.6. The Morgan fingerprint density at radius 1 is 1.21 bits per heavy atom. The molecule has 28 heavy (non-hydrogen) atoms. The van der Waals surface area contributed by atoms with Crippen molar-refractivity contribution >= 4 is 17.2 Å². The number of hydrogen-bond acceptors (Lipinski definition) is 5. The molecule has 1 fully saturated rings. The van der Waals surface area contributed by atoms with Gasteiger partial charge in [0.05, 0.1) is 18.2 Å². The van der Waals surface area contributed by atoms with Gasteiger partial charge in [0.2, 0.25) is 0 Å². The van der Waals surface area contributed by atoms with E-state index in [0.29, 0.717) is 18.8 Å². The minimum Gasteiger partial charge on any atom is -0.496 e. The molecule has 0 saturated carbocycles. The Bertz CT molecular complexity index is 942. The van der Waals surface area contributed by atoms with Gasteiger partial charge in [0.1, 0.15) is 11.4 Å². The molecule has 1 saturated heterocycles. The SMILES string of the molecule is COc1ccccc1C1CNCCN1C(=O)c1csc(Cc2ccccc2)n1. The molecule has 1 atom stereocenters. The molecule has 1 aliphatic rings. The van der Waals surface area contributed by atoms with Crippen molar-refractivity contribution in [3.05, 3.63) is 81.8 Å². The fourth-order valence-electron chi connectivity index (χ4n) is 3.57. The molecule has 5 nitrogen and oxygen atoms in total. The first-order valence-electron chi connectivity index (χ1n) is 9.39. The molecule has 1 unspecified atom stereocenters. The molecule has 1 amide bonds. The molecule has 1 aromatic heterocycles. The molecule has 0 bridgehead atoms. The van der Waals surface area contributed by atoms with Crippen molar-refractivity contribution in [1.82, 2.24) is 15.2 Å². The fourth-order valence-corrected chi connectivity index (χ4v) is 4.38. The average molecular weight is 394 g/mol. The van der Waals surface area contributed by atoms with Crippen LogP contribution in [0.2, 0.25) is 0 Å². The summed E-state index contributed by atoms with van der Waals surface area (Å²) in [5, 5.41) is 6.23. The maximum Gasteiger partial charge on any atom is 0.273 e. The Balaban J connectivity index is 1.56. The summed E-state index contributed by atoms with van der Waals surface area (Å²) >= 11 is 1.54. The molecule has 0 radical (unpaired) electrons. The third-order valence-electron chi connectivity index (χ3n) is 4.97. The second-order valence-electron chi connectivity index (χ2n) is 6.75. The van der Waals surface area contributed by atoms with E-state index in [2.05, 4.69) is 22.4 Å². The van der Waals surface area contributed by atoms with E-state index < -0.39 is 0 Å². The summed E-state index contributed by atoms with van der Waals surface area (Å²) in [6.45, 7) is 2.12. The van der Waals surface area contributed by atoms with E-state index in [9.17, 15) is 4.79 Å². The van der Waals surface area contributed by atoms with Crippen LogP contribution >= 0.6 is 11.3 Å². The zero-order valence-electron chi connectivity index (χ0n) is 15.8. The van der Waals surface area contributed by atoms with E-state index in [1.165, 1.54) is 5.56 Å². The van der Waals surface area contributed by atoms with Gasteiger partial charge in [0.15, 0.2) is 0 Å². The van der Waals surface area contributed by atoms with Crippen LogP contribution in [-0.2, 0) is 6.42 Å². The van der Waals surface area contributed by atoms with Crippen LogP contribution in [0.5, 0.6) is 5.75 Å². The lowest BCUT2D eigenvalue weighted by Crippen LogP contribution is -2.48. The van der Waals surface area contributed by atoms with Crippen molar-refractivity contribution in [2.24, 2.45) is 0 Å². The number of para-hydroxylation sites is 1. The molecule has 2 aromatic carbocycles. The first-order valence-corrected chi connectivity index (χ1v) is 10.3. The van der Waals surface area contributed by atoms with Gasteiger partial charge in [-0.05, 0) is 11.6 Å². The van der Waals surface area contributed by atoms with Crippen LogP contribution in [0, 0.1) is 0 Å². The highest BCUT2D eigenvalue weighted by Crippen LogP contribution is 2.31. The highest BCUT2D eigenvalue weighted by atomic mass is 32.1. The van der Waals surface area contributed by atoms with Gasteiger partial charge in [-0.1, -0.05) is 48.5 Å². The van der Waals surface area contributed by atoms with Gasteiger partial charge in [0, 0.05) is 37.0 Å². The zero-order chi connectivity index (χ0) is 19.3. The Kier molecular flexibility index (Phi) is 5.69. The number of hydrogen-bond donors (Lipinski definition) is 1. The fraction of sp³-hybridized carbons (Fsp3) is 0.273. The van der Waals surface area contributed by atoms with Crippen molar-refractivity contribution in [2.45, 2.75) is 12.5 Å². The third-order valence-corrected chi connectivity index (χ3v) is 5.82. The van der Waals surface area contributed by atoms with Crippen LogP contribution in [0.1, 0.15) is 32.7 Å². The average Bonchev–Trinajstić information content (AvgIpc) is 3.22. The quantitative estimate of drug-likeness (QED) is 0.721. The van der Waals surface area contributed by atoms with Crippen molar-refractivity contribution in [3.63, 3.8) is 0 Å². The number of aromatic nitrogens is 1. The van der Waals surface area contributed by atoms with Gasteiger partial charge in [-0.15, -0.1) is 11.3 Å². The number of amides is 1. The molecule has 1 N–H and O–H groups in total. The Morgan fingerprint density at radius 2 is 2.00 bits per heavy atom. The van der Waals surface area contributed by atoms with Crippen molar-refractivity contribution in [3.8, 4) is 5.75 Å². The van der Waals surface area contributed by atoms with E-state index in [-0.39, 0.29) is 11.9 Å². The number of rotatable bonds is 5. The van der Waals surface area contributed by atoms with Crippen LogP contribution < -0.4 is 10.1 Å². The standard InChI is InChI=1S/C22H23N3O2S/c1-27-20-10-6-5-9-17(20)19-14-23-11-12-25(19)22(26)18-15-28-21(24-18)13-16-7-3-2-4-8-16/h2-10,15,19,23H,11-14H2,1H3. The summed E-state index contributed by atoms with van der Waals surface area (Å²) in [7, 11) is 1.66. The second-order valence-corrected chi connectivity index (χ2v) is 7.69. The van der Waals surface area contributed by atoms with Gasteiger partial charge in [-0.2, -0.15) is 0 Å². The minimum absolute atomic E-state index is 0.0204. The first kappa shape index (κ1) is 18.7. The van der Waals surface area contributed by atoms with E-state index in [1.54, 1.807) is 18.4 Å². The lowest BCUT2D eigenvalue weighted by atomic mass is 10.0. The number of carbonyl (C=O) groups is 1. The molecule has 6 heteroatoms. The largest absolute Gasteiger partial charge is 0.496 e. The molecular weight excluding hydrogens is 370 g/mol. The van der Waals surface area contributed by atoms with Gasteiger partial charge >= 0.3 is 0 Å². The Hall–Kier alpha value is -2.70. The first-order chi connectivity index (χ1) is 13.8. The summed E-state index contributed by atoms with van der Waals surface area (Å²) in [4.78, 5) is 19.8. The minimum atomic E-state index is -0.0725. The predicted molar refractivity (Wildman–Crippen MR) is 111 cm³/mol. The number of ether oxygens (including phenoxy) is 1. The summed E-state index contributed by atoms with van der Waals surface area (Å²) in [5.41, 5.74) is 2.74. The molecule has 3 aromatic rings. The van der Waals surface area contributed by atoms with Crippen LogP contribution in [0.3, 0.4) is 0 Å². The van der Waals surface area contributed by atoms with Gasteiger partial charge in [-0.25, -0.2) is 4.98 Å².